The van der Waals surface area contributed by atoms with E-state index in [1.54, 1.807) is 24.3 Å². The van der Waals surface area contributed by atoms with Crippen LogP contribution in [-0.2, 0) is 6.18 Å². The molecule has 1 N–H and O–H groups in total. The number of halogens is 3. The highest BCUT2D eigenvalue weighted by Gasteiger charge is 2.35. The van der Waals surface area contributed by atoms with Crippen molar-refractivity contribution >= 4 is 11.7 Å². The van der Waals surface area contributed by atoms with Gasteiger partial charge in [-0.2, -0.15) is 13.2 Å². The Morgan fingerprint density at radius 2 is 1.93 bits per heavy atom. The Bertz CT molecular complexity index is 790. The zero-order valence-electron chi connectivity index (χ0n) is 14.5. The lowest BCUT2D eigenvalue weighted by molar-refractivity contribution is -0.141. The third kappa shape index (κ3) is 4.81. The molecule has 1 aromatic heterocycles. The van der Waals surface area contributed by atoms with Gasteiger partial charge in [0.1, 0.15) is 17.5 Å². The molecule has 1 aromatic carbocycles. The van der Waals surface area contributed by atoms with Gasteiger partial charge >= 0.3 is 12.2 Å². The zero-order chi connectivity index (χ0) is 19.4. The van der Waals surface area contributed by atoms with Crippen molar-refractivity contribution in [3.63, 3.8) is 0 Å². The normalized spacial score (nSPS) is 14.4. The first-order valence-corrected chi connectivity index (χ1v) is 8.35. The maximum absolute atomic E-state index is 12.7. The molecule has 6 nitrogen and oxygen atoms in total. The Kier molecular flexibility index (Phi) is 5.38. The van der Waals surface area contributed by atoms with Crippen molar-refractivity contribution in [2.45, 2.75) is 19.2 Å². The molecule has 1 fully saturated rings. The molecule has 2 heterocycles. The number of benzene rings is 1. The number of rotatable bonds is 5. The Morgan fingerprint density at radius 1 is 1.22 bits per heavy atom. The fourth-order valence-electron chi connectivity index (χ4n) is 2.49. The molecule has 27 heavy (non-hydrogen) atoms. The summed E-state index contributed by atoms with van der Waals surface area (Å²) in [5.41, 5.74) is -0.392. The summed E-state index contributed by atoms with van der Waals surface area (Å²) < 4.78 is 48.7. The standard InChI is InChI=1S/C18H18F3N3O3/c1-2-26-13-8-6-12(7-9-13)22-17(25)24-10-14(11-24)27-16-5-3-4-15(23-16)18(19,20)21/h3-9,14H,2,10-11H2,1H3,(H,22,25). The maximum Gasteiger partial charge on any atom is 0.433 e. The van der Waals surface area contributed by atoms with E-state index in [9.17, 15) is 18.0 Å². The number of amides is 2. The molecule has 144 valence electrons. The van der Waals surface area contributed by atoms with Crippen LogP contribution >= 0.6 is 0 Å². The van der Waals surface area contributed by atoms with E-state index in [0.29, 0.717) is 18.0 Å². The van der Waals surface area contributed by atoms with E-state index in [1.807, 2.05) is 6.92 Å². The number of alkyl halides is 3. The van der Waals surface area contributed by atoms with Crippen LogP contribution in [0.2, 0.25) is 0 Å². The molecule has 0 atom stereocenters. The van der Waals surface area contributed by atoms with Crippen LogP contribution in [0.15, 0.2) is 42.5 Å². The number of nitrogens with one attached hydrogen (secondary N) is 1. The third-order valence-corrected chi connectivity index (χ3v) is 3.85. The molecule has 0 unspecified atom stereocenters. The van der Waals surface area contributed by atoms with Crippen molar-refractivity contribution < 1.29 is 27.4 Å². The zero-order valence-corrected chi connectivity index (χ0v) is 14.5. The van der Waals surface area contributed by atoms with E-state index < -0.39 is 18.0 Å². The first-order valence-electron chi connectivity index (χ1n) is 8.35. The summed E-state index contributed by atoms with van der Waals surface area (Å²) in [6.45, 7) is 2.97. The number of carbonyl (C=O) groups is 1. The largest absolute Gasteiger partial charge is 0.494 e. The lowest BCUT2D eigenvalue weighted by Gasteiger charge is -2.38. The summed E-state index contributed by atoms with van der Waals surface area (Å²) in [5, 5.41) is 2.74. The number of anilines is 1. The Hall–Kier alpha value is -2.97. The lowest BCUT2D eigenvalue weighted by Crippen LogP contribution is -2.57. The van der Waals surface area contributed by atoms with Crippen LogP contribution < -0.4 is 14.8 Å². The van der Waals surface area contributed by atoms with Crippen LogP contribution in [0, 0.1) is 0 Å². The van der Waals surface area contributed by atoms with Gasteiger partial charge in [0.25, 0.3) is 0 Å². The first-order chi connectivity index (χ1) is 12.8. The van der Waals surface area contributed by atoms with Gasteiger partial charge in [-0.1, -0.05) is 6.07 Å². The molecule has 2 aromatic rings. The van der Waals surface area contributed by atoms with Gasteiger partial charge in [-0.25, -0.2) is 9.78 Å². The monoisotopic (exact) mass is 381 g/mol. The smallest absolute Gasteiger partial charge is 0.433 e. The SMILES string of the molecule is CCOc1ccc(NC(=O)N2CC(Oc3cccc(C(F)(F)F)n3)C2)cc1. The number of hydrogen-bond acceptors (Lipinski definition) is 4. The first kappa shape index (κ1) is 18.8. The van der Waals surface area contributed by atoms with Crippen LogP contribution in [0.4, 0.5) is 23.7 Å². The third-order valence-electron chi connectivity index (χ3n) is 3.85. The van der Waals surface area contributed by atoms with Crippen molar-refractivity contribution in [3.05, 3.63) is 48.2 Å². The Morgan fingerprint density at radius 3 is 2.56 bits per heavy atom. The molecule has 1 aliphatic rings. The molecule has 2 amide bonds. The number of likely N-dealkylation sites (tertiary alicyclic amines) is 1. The summed E-state index contributed by atoms with van der Waals surface area (Å²) in [4.78, 5) is 17.1. The van der Waals surface area contributed by atoms with E-state index in [1.165, 1.54) is 17.0 Å². The number of aromatic nitrogens is 1. The molecular formula is C18H18F3N3O3. The number of pyridine rings is 1. The van der Waals surface area contributed by atoms with Gasteiger partial charge in [0.15, 0.2) is 0 Å². The fourth-order valence-corrected chi connectivity index (χ4v) is 2.49. The molecule has 0 radical (unpaired) electrons. The molecule has 1 aliphatic heterocycles. The van der Waals surface area contributed by atoms with Gasteiger partial charge in [-0.05, 0) is 37.3 Å². The number of urea groups is 1. The van der Waals surface area contributed by atoms with Crippen LogP contribution in [0.1, 0.15) is 12.6 Å². The van der Waals surface area contributed by atoms with Gasteiger partial charge < -0.3 is 19.7 Å². The van der Waals surface area contributed by atoms with Crippen LogP contribution in [0.25, 0.3) is 0 Å². The predicted octanol–water partition coefficient (Wildman–Crippen LogP) is 3.79. The van der Waals surface area contributed by atoms with Crippen molar-refractivity contribution in [3.8, 4) is 11.6 Å². The van der Waals surface area contributed by atoms with Gasteiger partial charge in [0.05, 0.1) is 19.7 Å². The number of nitrogens with zero attached hydrogens (tertiary/aromatic N) is 2. The van der Waals surface area contributed by atoms with Crippen LogP contribution in [0.3, 0.4) is 0 Å². The van der Waals surface area contributed by atoms with Crippen LogP contribution in [-0.4, -0.2) is 41.7 Å². The second kappa shape index (κ2) is 7.73. The van der Waals surface area contributed by atoms with Gasteiger partial charge in [0.2, 0.25) is 5.88 Å². The van der Waals surface area contributed by atoms with Gasteiger partial charge in [0, 0.05) is 11.8 Å². The van der Waals surface area contributed by atoms with E-state index in [-0.39, 0.29) is 25.0 Å². The minimum Gasteiger partial charge on any atom is -0.494 e. The van der Waals surface area contributed by atoms with E-state index in [2.05, 4.69) is 10.3 Å². The lowest BCUT2D eigenvalue weighted by atomic mass is 10.2. The quantitative estimate of drug-likeness (QED) is 0.856. The highest BCUT2D eigenvalue weighted by molar-refractivity contribution is 5.90. The highest BCUT2D eigenvalue weighted by Crippen LogP contribution is 2.29. The van der Waals surface area contributed by atoms with Crippen molar-refractivity contribution in [1.29, 1.82) is 0 Å². The Labute approximate surface area is 153 Å². The summed E-state index contributed by atoms with van der Waals surface area (Å²) >= 11 is 0. The minimum absolute atomic E-state index is 0.110. The molecule has 9 heteroatoms. The van der Waals surface area contributed by atoms with Crippen molar-refractivity contribution in [2.75, 3.05) is 25.0 Å². The van der Waals surface area contributed by atoms with Crippen molar-refractivity contribution in [1.82, 2.24) is 9.88 Å². The molecule has 0 aliphatic carbocycles. The van der Waals surface area contributed by atoms with Crippen LogP contribution in [0.5, 0.6) is 11.6 Å². The average molecular weight is 381 g/mol. The predicted molar refractivity (Wildman–Crippen MR) is 91.9 cm³/mol. The summed E-state index contributed by atoms with van der Waals surface area (Å²) in [6.07, 6.45) is -4.92. The summed E-state index contributed by atoms with van der Waals surface area (Å²) in [7, 11) is 0. The molecule has 0 saturated carbocycles. The van der Waals surface area contributed by atoms with Gasteiger partial charge in [-0.3, -0.25) is 0 Å². The topological polar surface area (TPSA) is 63.7 Å². The molecule has 3 rings (SSSR count). The summed E-state index contributed by atoms with van der Waals surface area (Å²) in [5.74, 6) is 0.600. The van der Waals surface area contributed by atoms with E-state index in [0.717, 1.165) is 6.07 Å². The van der Waals surface area contributed by atoms with E-state index >= 15 is 0 Å². The second-order valence-corrected chi connectivity index (χ2v) is 5.89. The minimum atomic E-state index is -4.53. The molecule has 1 saturated heterocycles. The molecular weight excluding hydrogens is 363 g/mol. The molecule has 0 spiro atoms. The Balaban J connectivity index is 1.48. The van der Waals surface area contributed by atoms with Gasteiger partial charge in [-0.15, -0.1) is 0 Å². The number of hydrogen-bond donors (Lipinski definition) is 1. The molecule has 0 bridgehead atoms. The number of ether oxygens (including phenoxy) is 2. The highest BCUT2D eigenvalue weighted by atomic mass is 19.4. The average Bonchev–Trinajstić information content (AvgIpc) is 2.59. The van der Waals surface area contributed by atoms with E-state index in [4.69, 9.17) is 9.47 Å². The fraction of sp³-hybridized carbons (Fsp3) is 0.333. The second-order valence-electron chi connectivity index (χ2n) is 5.89. The van der Waals surface area contributed by atoms with Crippen molar-refractivity contribution in [2.24, 2.45) is 0 Å². The number of carbonyl (C=O) groups excluding carboxylic acids is 1. The maximum atomic E-state index is 12.7. The summed E-state index contributed by atoms with van der Waals surface area (Å²) in [6, 6.07) is 10.1.